The molecule has 1 aliphatic rings. The number of aromatic nitrogens is 3. The van der Waals surface area contributed by atoms with Gasteiger partial charge in [0, 0.05) is 38.6 Å². The Hall–Kier alpha value is -2.14. The highest BCUT2D eigenvalue weighted by molar-refractivity contribution is 5.83. The largest absolute Gasteiger partial charge is 0.351 e. The number of hydrogen-bond donors (Lipinski definition) is 0. The van der Waals surface area contributed by atoms with Crippen LogP contribution in [0.15, 0.2) is 30.6 Å². The van der Waals surface area contributed by atoms with E-state index in [1.165, 1.54) is 5.56 Å². The highest BCUT2D eigenvalue weighted by atomic mass is 15.3. The Morgan fingerprint density at radius 3 is 2.71 bits per heavy atom. The summed E-state index contributed by atoms with van der Waals surface area (Å²) in [6.45, 7) is 6.25. The molecule has 1 aromatic carbocycles. The molecule has 2 aromatic heterocycles. The number of piperazine rings is 1. The maximum absolute atomic E-state index is 4.89. The topological polar surface area (TPSA) is 36.7 Å². The minimum atomic E-state index is 0.956. The number of hydrogen-bond acceptors (Lipinski definition) is 4. The molecule has 5 heteroatoms. The minimum Gasteiger partial charge on any atom is -0.351 e. The fourth-order valence-electron chi connectivity index (χ4n) is 2.98. The monoisotopic (exact) mass is 281 g/mol. The number of anilines is 1. The number of benzene rings is 1. The Labute approximate surface area is 123 Å². The summed E-state index contributed by atoms with van der Waals surface area (Å²) in [5.74, 6) is 1.00. The van der Waals surface area contributed by atoms with Crippen molar-refractivity contribution in [1.29, 1.82) is 0 Å². The van der Waals surface area contributed by atoms with E-state index in [2.05, 4.69) is 51.4 Å². The molecule has 4 rings (SSSR count). The zero-order valence-corrected chi connectivity index (χ0v) is 12.5. The first-order chi connectivity index (χ1) is 10.2. The Morgan fingerprint density at radius 1 is 1.10 bits per heavy atom. The van der Waals surface area contributed by atoms with Crippen LogP contribution in [0.5, 0.6) is 0 Å². The predicted octanol–water partition coefficient (Wildman–Crippen LogP) is 1.94. The molecule has 21 heavy (non-hydrogen) atoms. The SMILES string of the molecule is Cc1ccc2nc(N3CCN(C)CC3)c3nccn3c2c1. The molecule has 5 nitrogen and oxygen atoms in total. The highest BCUT2D eigenvalue weighted by Gasteiger charge is 2.19. The van der Waals surface area contributed by atoms with Gasteiger partial charge >= 0.3 is 0 Å². The van der Waals surface area contributed by atoms with Crippen LogP contribution in [-0.4, -0.2) is 52.5 Å². The van der Waals surface area contributed by atoms with Crippen LogP contribution < -0.4 is 4.90 Å². The van der Waals surface area contributed by atoms with E-state index in [9.17, 15) is 0 Å². The van der Waals surface area contributed by atoms with Crippen molar-refractivity contribution in [1.82, 2.24) is 19.3 Å². The average molecular weight is 281 g/mol. The molecule has 108 valence electrons. The van der Waals surface area contributed by atoms with Gasteiger partial charge in [0.25, 0.3) is 0 Å². The van der Waals surface area contributed by atoms with Gasteiger partial charge in [-0.2, -0.15) is 0 Å². The van der Waals surface area contributed by atoms with Crippen LogP contribution >= 0.6 is 0 Å². The van der Waals surface area contributed by atoms with E-state index >= 15 is 0 Å². The molecular weight excluding hydrogens is 262 g/mol. The summed E-state index contributed by atoms with van der Waals surface area (Å²) in [5.41, 5.74) is 4.35. The zero-order valence-electron chi connectivity index (χ0n) is 12.5. The summed E-state index contributed by atoms with van der Waals surface area (Å²) in [6, 6.07) is 6.39. The second-order valence-electron chi connectivity index (χ2n) is 5.84. The van der Waals surface area contributed by atoms with Crippen molar-refractivity contribution in [3.63, 3.8) is 0 Å². The fraction of sp³-hybridized carbons (Fsp3) is 0.375. The fourth-order valence-corrected chi connectivity index (χ4v) is 2.98. The van der Waals surface area contributed by atoms with Gasteiger partial charge in [-0.25, -0.2) is 9.97 Å². The van der Waals surface area contributed by atoms with Gasteiger partial charge in [-0.1, -0.05) is 6.07 Å². The number of aryl methyl sites for hydroxylation is 1. The molecule has 0 bridgehead atoms. The van der Waals surface area contributed by atoms with Crippen molar-refractivity contribution in [3.8, 4) is 0 Å². The Morgan fingerprint density at radius 2 is 1.90 bits per heavy atom. The van der Waals surface area contributed by atoms with Crippen LogP contribution in [0.1, 0.15) is 5.56 Å². The lowest BCUT2D eigenvalue weighted by atomic mass is 10.2. The van der Waals surface area contributed by atoms with Crippen molar-refractivity contribution in [3.05, 3.63) is 36.2 Å². The van der Waals surface area contributed by atoms with Gasteiger partial charge in [0.05, 0.1) is 11.0 Å². The highest BCUT2D eigenvalue weighted by Crippen LogP contribution is 2.25. The standard InChI is InChI=1S/C16H19N5/c1-12-3-4-13-14(11-12)21-6-5-17-15(21)16(18-13)20-9-7-19(2)8-10-20/h3-6,11H,7-10H2,1-2H3. The molecule has 0 radical (unpaired) electrons. The lowest BCUT2D eigenvalue weighted by molar-refractivity contribution is 0.312. The van der Waals surface area contributed by atoms with Crippen LogP contribution in [0.2, 0.25) is 0 Å². The van der Waals surface area contributed by atoms with E-state index in [-0.39, 0.29) is 0 Å². The van der Waals surface area contributed by atoms with Gasteiger partial charge in [-0.15, -0.1) is 0 Å². The van der Waals surface area contributed by atoms with Gasteiger partial charge in [0.2, 0.25) is 0 Å². The van der Waals surface area contributed by atoms with Crippen molar-refractivity contribution >= 4 is 22.5 Å². The van der Waals surface area contributed by atoms with Gasteiger partial charge in [-0.3, -0.25) is 4.40 Å². The van der Waals surface area contributed by atoms with E-state index in [0.29, 0.717) is 0 Å². The predicted molar refractivity (Wildman–Crippen MR) is 84.9 cm³/mol. The van der Waals surface area contributed by atoms with Crippen molar-refractivity contribution in [2.75, 3.05) is 38.1 Å². The molecular formula is C16H19N5. The van der Waals surface area contributed by atoms with Crippen LogP contribution in [0.3, 0.4) is 0 Å². The van der Waals surface area contributed by atoms with Gasteiger partial charge in [0.15, 0.2) is 11.5 Å². The van der Waals surface area contributed by atoms with E-state index in [0.717, 1.165) is 48.7 Å². The van der Waals surface area contributed by atoms with Crippen LogP contribution in [0, 0.1) is 6.92 Å². The second-order valence-corrected chi connectivity index (χ2v) is 5.84. The first kappa shape index (κ1) is 12.6. The molecule has 0 amide bonds. The van der Waals surface area contributed by atoms with Gasteiger partial charge < -0.3 is 9.80 Å². The molecule has 1 fully saturated rings. The Balaban J connectivity index is 1.91. The average Bonchev–Trinajstić information content (AvgIpc) is 2.97. The molecule has 0 saturated carbocycles. The lowest BCUT2D eigenvalue weighted by Crippen LogP contribution is -2.45. The summed E-state index contributed by atoms with van der Waals surface area (Å²) in [6.07, 6.45) is 3.89. The first-order valence-corrected chi connectivity index (χ1v) is 7.39. The Kier molecular flexibility index (Phi) is 2.82. The van der Waals surface area contributed by atoms with E-state index in [4.69, 9.17) is 4.98 Å². The molecule has 1 saturated heterocycles. The molecule has 0 spiro atoms. The third-order valence-electron chi connectivity index (χ3n) is 4.26. The van der Waals surface area contributed by atoms with Gasteiger partial charge in [0.1, 0.15) is 0 Å². The molecule has 3 aromatic rings. The number of fused-ring (bicyclic) bond motifs is 3. The quantitative estimate of drug-likeness (QED) is 0.683. The second kappa shape index (κ2) is 4.70. The zero-order chi connectivity index (χ0) is 14.4. The van der Waals surface area contributed by atoms with Gasteiger partial charge in [-0.05, 0) is 31.7 Å². The summed E-state index contributed by atoms with van der Waals surface area (Å²) < 4.78 is 2.16. The minimum absolute atomic E-state index is 0.956. The maximum atomic E-state index is 4.89. The molecule has 3 heterocycles. The van der Waals surface area contributed by atoms with E-state index in [1.807, 2.05) is 12.4 Å². The van der Waals surface area contributed by atoms with Crippen LogP contribution in [0.25, 0.3) is 16.7 Å². The third-order valence-corrected chi connectivity index (χ3v) is 4.26. The summed E-state index contributed by atoms with van der Waals surface area (Å²) in [5, 5.41) is 0. The molecule has 1 aliphatic heterocycles. The van der Waals surface area contributed by atoms with E-state index in [1.54, 1.807) is 0 Å². The number of nitrogens with zero attached hydrogens (tertiary/aromatic N) is 5. The lowest BCUT2D eigenvalue weighted by Gasteiger charge is -2.33. The normalized spacial score (nSPS) is 17.0. The van der Waals surface area contributed by atoms with Crippen molar-refractivity contribution in [2.24, 2.45) is 0 Å². The molecule has 0 atom stereocenters. The summed E-state index contributed by atoms with van der Waals surface area (Å²) in [7, 11) is 2.17. The van der Waals surface area contributed by atoms with Crippen molar-refractivity contribution in [2.45, 2.75) is 6.92 Å². The summed E-state index contributed by atoms with van der Waals surface area (Å²) in [4.78, 5) is 14.1. The molecule has 0 N–H and O–H groups in total. The third kappa shape index (κ3) is 2.05. The first-order valence-electron chi connectivity index (χ1n) is 7.39. The number of rotatable bonds is 1. The summed E-state index contributed by atoms with van der Waals surface area (Å²) >= 11 is 0. The van der Waals surface area contributed by atoms with Crippen LogP contribution in [-0.2, 0) is 0 Å². The molecule has 0 aliphatic carbocycles. The van der Waals surface area contributed by atoms with Crippen LogP contribution in [0.4, 0.5) is 5.82 Å². The maximum Gasteiger partial charge on any atom is 0.180 e. The van der Waals surface area contributed by atoms with Crippen molar-refractivity contribution < 1.29 is 0 Å². The molecule has 0 unspecified atom stereocenters. The van der Waals surface area contributed by atoms with E-state index < -0.39 is 0 Å². The number of likely N-dealkylation sites (N-methyl/N-ethyl adjacent to an activating group) is 1. The number of imidazole rings is 1. The smallest absolute Gasteiger partial charge is 0.180 e. The Bertz CT molecular complexity index is 799.